The third kappa shape index (κ3) is 2.47. The van der Waals surface area contributed by atoms with Crippen LogP contribution in [0.15, 0.2) is 47.4 Å². The first-order valence-corrected chi connectivity index (χ1v) is 8.47. The van der Waals surface area contributed by atoms with Gasteiger partial charge in [0.05, 0.1) is 10.7 Å². The number of nitrogen functional groups attached to an aromatic ring is 1. The van der Waals surface area contributed by atoms with E-state index in [2.05, 4.69) is 0 Å². The van der Waals surface area contributed by atoms with Crippen LogP contribution in [0.4, 0.5) is 11.4 Å². The van der Waals surface area contributed by atoms with Crippen LogP contribution in [0.1, 0.15) is 12.0 Å². The molecule has 2 N–H and O–H groups in total. The molecule has 2 aromatic rings. The zero-order valence-corrected chi connectivity index (χ0v) is 12.9. The molecule has 3 rings (SSSR count). The predicted octanol–water partition coefficient (Wildman–Crippen LogP) is 3.06. The number of hydrogen-bond acceptors (Lipinski definition) is 3. The fraction of sp³-hybridized carbons (Fsp3) is 0.200. The van der Waals surface area contributed by atoms with Gasteiger partial charge in [-0.2, -0.15) is 0 Å². The Morgan fingerprint density at radius 3 is 2.67 bits per heavy atom. The predicted molar refractivity (Wildman–Crippen MR) is 85.2 cm³/mol. The van der Waals surface area contributed by atoms with E-state index in [1.807, 2.05) is 24.3 Å². The van der Waals surface area contributed by atoms with E-state index in [1.165, 1.54) is 16.4 Å². The number of halogens is 1. The van der Waals surface area contributed by atoms with E-state index in [9.17, 15) is 8.42 Å². The van der Waals surface area contributed by atoms with Crippen molar-refractivity contribution in [3.8, 4) is 0 Å². The summed E-state index contributed by atoms with van der Waals surface area (Å²) < 4.78 is 27.2. The highest BCUT2D eigenvalue weighted by molar-refractivity contribution is 7.93. The normalized spacial score (nSPS) is 14.8. The Labute approximate surface area is 129 Å². The average molecular weight is 323 g/mol. The zero-order chi connectivity index (χ0) is 15.0. The molecule has 0 radical (unpaired) electrons. The van der Waals surface area contributed by atoms with Crippen molar-refractivity contribution in [2.24, 2.45) is 0 Å². The van der Waals surface area contributed by atoms with Gasteiger partial charge in [0.25, 0.3) is 10.0 Å². The van der Waals surface area contributed by atoms with E-state index in [0.29, 0.717) is 12.2 Å². The summed E-state index contributed by atoms with van der Waals surface area (Å²) in [6, 6.07) is 12.0. The Hall–Kier alpha value is -1.72. The molecule has 0 atom stereocenters. The van der Waals surface area contributed by atoms with Crippen molar-refractivity contribution in [2.75, 3.05) is 16.6 Å². The molecule has 6 heteroatoms. The van der Waals surface area contributed by atoms with Gasteiger partial charge in [-0.15, -0.1) is 0 Å². The lowest BCUT2D eigenvalue weighted by Crippen LogP contribution is -2.35. The summed E-state index contributed by atoms with van der Waals surface area (Å²) in [5.41, 5.74) is 7.85. The van der Waals surface area contributed by atoms with Crippen molar-refractivity contribution < 1.29 is 8.42 Å². The number of rotatable bonds is 2. The molecule has 0 saturated carbocycles. The standard InChI is InChI=1S/C15H15ClN2O2S/c16-13-10-12(17)7-8-15(13)21(19,20)18-9-3-5-11-4-1-2-6-14(11)18/h1-2,4,6-8,10H,3,5,9,17H2. The molecule has 21 heavy (non-hydrogen) atoms. The number of sulfonamides is 1. The highest BCUT2D eigenvalue weighted by atomic mass is 35.5. The van der Waals surface area contributed by atoms with Crippen LogP contribution in [0, 0.1) is 0 Å². The van der Waals surface area contributed by atoms with Crippen molar-refractivity contribution >= 4 is 33.0 Å². The van der Waals surface area contributed by atoms with E-state index in [-0.39, 0.29) is 9.92 Å². The molecule has 1 aliphatic heterocycles. The molecule has 0 fully saturated rings. The number of fused-ring (bicyclic) bond motifs is 1. The maximum absolute atomic E-state index is 12.9. The molecule has 110 valence electrons. The zero-order valence-electron chi connectivity index (χ0n) is 11.3. The maximum Gasteiger partial charge on any atom is 0.265 e. The second-order valence-corrected chi connectivity index (χ2v) is 7.24. The Bertz CT molecular complexity index is 790. The number of para-hydroxylation sites is 1. The lowest BCUT2D eigenvalue weighted by molar-refractivity contribution is 0.586. The summed E-state index contributed by atoms with van der Waals surface area (Å²) in [6.45, 7) is 0.458. The molecule has 0 spiro atoms. The summed E-state index contributed by atoms with van der Waals surface area (Å²) in [5, 5.41) is 0.151. The number of nitrogens with two attached hydrogens (primary N) is 1. The first kappa shape index (κ1) is 14.2. The molecule has 0 unspecified atom stereocenters. The smallest absolute Gasteiger partial charge is 0.265 e. The molecule has 0 aliphatic carbocycles. The maximum atomic E-state index is 12.9. The summed E-state index contributed by atoms with van der Waals surface area (Å²) in [6.07, 6.45) is 1.68. The number of hydrogen-bond donors (Lipinski definition) is 1. The Balaban J connectivity index is 2.12. The third-order valence-electron chi connectivity index (χ3n) is 3.59. The van der Waals surface area contributed by atoms with Crippen LogP contribution in [-0.2, 0) is 16.4 Å². The van der Waals surface area contributed by atoms with Crippen LogP contribution in [0.2, 0.25) is 5.02 Å². The molecule has 0 bridgehead atoms. The van der Waals surface area contributed by atoms with Crippen molar-refractivity contribution in [2.45, 2.75) is 17.7 Å². The fourth-order valence-corrected chi connectivity index (χ4v) is 4.66. The molecule has 4 nitrogen and oxygen atoms in total. The van der Waals surface area contributed by atoms with Gasteiger partial charge in [0, 0.05) is 12.2 Å². The van der Waals surface area contributed by atoms with Gasteiger partial charge in [-0.25, -0.2) is 8.42 Å². The van der Waals surface area contributed by atoms with E-state index >= 15 is 0 Å². The Morgan fingerprint density at radius 1 is 1.14 bits per heavy atom. The largest absolute Gasteiger partial charge is 0.399 e. The number of benzene rings is 2. The third-order valence-corrected chi connectivity index (χ3v) is 5.89. The van der Waals surface area contributed by atoms with Crippen molar-refractivity contribution in [3.63, 3.8) is 0 Å². The van der Waals surface area contributed by atoms with Gasteiger partial charge in [-0.3, -0.25) is 4.31 Å². The minimum atomic E-state index is -3.68. The van der Waals surface area contributed by atoms with Gasteiger partial charge in [0.1, 0.15) is 4.90 Å². The van der Waals surface area contributed by atoms with Crippen molar-refractivity contribution in [1.82, 2.24) is 0 Å². The van der Waals surface area contributed by atoms with Crippen LogP contribution in [-0.4, -0.2) is 15.0 Å². The average Bonchev–Trinajstić information content (AvgIpc) is 2.46. The highest BCUT2D eigenvalue weighted by Gasteiger charge is 2.30. The first-order valence-electron chi connectivity index (χ1n) is 6.66. The first-order chi connectivity index (χ1) is 10.00. The SMILES string of the molecule is Nc1ccc(S(=O)(=O)N2CCCc3ccccc32)c(Cl)c1. The van der Waals surface area contributed by atoms with Crippen LogP contribution >= 0.6 is 11.6 Å². The lowest BCUT2D eigenvalue weighted by Gasteiger charge is -2.30. The second kappa shape index (κ2) is 5.24. The van der Waals surface area contributed by atoms with Crippen molar-refractivity contribution in [3.05, 3.63) is 53.1 Å². The molecule has 0 amide bonds. The number of nitrogens with zero attached hydrogens (tertiary/aromatic N) is 1. The van der Waals surface area contributed by atoms with Crippen LogP contribution in [0.5, 0.6) is 0 Å². The fourth-order valence-electron chi connectivity index (χ4n) is 2.59. The van der Waals surface area contributed by atoms with E-state index in [0.717, 1.165) is 24.1 Å². The van der Waals surface area contributed by atoms with Crippen LogP contribution in [0.3, 0.4) is 0 Å². The topological polar surface area (TPSA) is 63.4 Å². The molecular weight excluding hydrogens is 308 g/mol. The van der Waals surface area contributed by atoms with Gasteiger partial charge in [-0.05, 0) is 42.7 Å². The number of anilines is 2. The van der Waals surface area contributed by atoms with E-state index in [1.54, 1.807) is 6.07 Å². The summed E-state index contributed by atoms with van der Waals surface area (Å²) in [4.78, 5) is 0.0927. The van der Waals surface area contributed by atoms with Gasteiger partial charge in [-0.1, -0.05) is 29.8 Å². The number of aryl methyl sites for hydroxylation is 1. The van der Waals surface area contributed by atoms with Gasteiger partial charge >= 0.3 is 0 Å². The van der Waals surface area contributed by atoms with Crippen LogP contribution < -0.4 is 10.0 Å². The van der Waals surface area contributed by atoms with Gasteiger partial charge in [0.15, 0.2) is 0 Å². The van der Waals surface area contributed by atoms with Crippen LogP contribution in [0.25, 0.3) is 0 Å². The molecule has 0 aromatic heterocycles. The quantitative estimate of drug-likeness (QED) is 0.864. The van der Waals surface area contributed by atoms with Gasteiger partial charge < -0.3 is 5.73 Å². The van der Waals surface area contributed by atoms with E-state index in [4.69, 9.17) is 17.3 Å². The monoisotopic (exact) mass is 322 g/mol. The summed E-state index contributed by atoms with van der Waals surface area (Å²) >= 11 is 6.07. The molecular formula is C15H15ClN2O2S. The molecule has 1 aliphatic rings. The molecule has 0 saturated heterocycles. The molecule has 2 aromatic carbocycles. The summed E-state index contributed by atoms with van der Waals surface area (Å²) in [5.74, 6) is 0. The lowest BCUT2D eigenvalue weighted by atomic mass is 10.0. The Morgan fingerprint density at radius 2 is 1.90 bits per heavy atom. The molecule has 1 heterocycles. The van der Waals surface area contributed by atoms with E-state index < -0.39 is 10.0 Å². The Kier molecular flexibility index (Phi) is 3.55. The highest BCUT2D eigenvalue weighted by Crippen LogP contribution is 2.34. The van der Waals surface area contributed by atoms with Gasteiger partial charge in [0.2, 0.25) is 0 Å². The minimum Gasteiger partial charge on any atom is -0.399 e. The van der Waals surface area contributed by atoms with Crippen molar-refractivity contribution in [1.29, 1.82) is 0 Å². The summed E-state index contributed by atoms with van der Waals surface area (Å²) in [7, 11) is -3.68. The minimum absolute atomic E-state index is 0.0927. The second-order valence-electron chi connectivity index (χ2n) is 5.00.